The van der Waals surface area contributed by atoms with Crippen molar-refractivity contribution in [2.24, 2.45) is 0 Å². The van der Waals surface area contributed by atoms with Crippen molar-refractivity contribution in [3.8, 4) is 0 Å². The maximum atomic E-state index is 13.0. The predicted molar refractivity (Wildman–Crippen MR) is 97.7 cm³/mol. The zero-order chi connectivity index (χ0) is 17.4. The number of rotatable bonds is 3. The van der Waals surface area contributed by atoms with E-state index in [9.17, 15) is 4.79 Å². The van der Waals surface area contributed by atoms with Crippen molar-refractivity contribution in [1.29, 1.82) is 0 Å². The van der Waals surface area contributed by atoms with E-state index in [1.807, 2.05) is 21.8 Å². The lowest BCUT2D eigenvalue weighted by Crippen LogP contribution is -2.44. The van der Waals surface area contributed by atoms with Crippen LogP contribution < -0.4 is 5.32 Å². The fourth-order valence-electron chi connectivity index (χ4n) is 5.01. The van der Waals surface area contributed by atoms with Gasteiger partial charge in [0.15, 0.2) is 0 Å². The van der Waals surface area contributed by atoms with E-state index in [1.54, 1.807) is 0 Å². The standard InChI is InChI=1S/C19H31N5O/c1-14(2)24-15-5-6-17(24)13-22(10-7-15)19(25)18-8-11-23(21-18)16-4-3-9-20-12-16/h8,11,14-17,20H,3-7,9-10,12-13H2,1-2H3. The molecule has 0 spiro atoms. The Kier molecular flexibility index (Phi) is 4.82. The van der Waals surface area contributed by atoms with Crippen LogP contribution in [0.3, 0.4) is 0 Å². The van der Waals surface area contributed by atoms with Gasteiger partial charge in [-0.25, -0.2) is 0 Å². The molecule has 0 saturated carbocycles. The molecule has 1 N–H and O–H groups in total. The summed E-state index contributed by atoms with van der Waals surface area (Å²) < 4.78 is 1.99. The van der Waals surface area contributed by atoms with Gasteiger partial charge in [0.05, 0.1) is 6.04 Å². The van der Waals surface area contributed by atoms with Gasteiger partial charge in [-0.05, 0) is 58.6 Å². The summed E-state index contributed by atoms with van der Waals surface area (Å²) in [5.41, 5.74) is 0.611. The summed E-state index contributed by atoms with van der Waals surface area (Å²) in [6, 6.07) is 4.01. The third-order valence-corrected chi connectivity index (χ3v) is 6.20. The number of carbonyl (C=O) groups is 1. The summed E-state index contributed by atoms with van der Waals surface area (Å²) in [4.78, 5) is 17.7. The number of hydrogen-bond donors (Lipinski definition) is 1. The highest BCUT2D eigenvalue weighted by Crippen LogP contribution is 2.32. The van der Waals surface area contributed by atoms with Crippen LogP contribution in [0.4, 0.5) is 0 Å². The highest BCUT2D eigenvalue weighted by atomic mass is 16.2. The molecule has 0 aromatic carbocycles. The molecule has 0 radical (unpaired) electrons. The van der Waals surface area contributed by atoms with E-state index in [1.165, 1.54) is 19.3 Å². The van der Waals surface area contributed by atoms with Crippen LogP contribution in [-0.2, 0) is 0 Å². The van der Waals surface area contributed by atoms with Gasteiger partial charge in [-0.3, -0.25) is 14.4 Å². The number of hydrogen-bond acceptors (Lipinski definition) is 4. The number of nitrogens with one attached hydrogen (secondary N) is 1. The molecule has 3 saturated heterocycles. The first-order valence-corrected chi connectivity index (χ1v) is 9.96. The Balaban J connectivity index is 1.45. The molecule has 4 rings (SSSR count). The fourth-order valence-corrected chi connectivity index (χ4v) is 5.01. The molecular formula is C19H31N5O. The Hall–Kier alpha value is -1.40. The van der Waals surface area contributed by atoms with Crippen molar-refractivity contribution < 1.29 is 4.79 Å². The van der Waals surface area contributed by atoms with Crippen LogP contribution in [0.5, 0.6) is 0 Å². The molecule has 3 atom stereocenters. The highest BCUT2D eigenvalue weighted by Gasteiger charge is 2.39. The molecule has 25 heavy (non-hydrogen) atoms. The first kappa shape index (κ1) is 17.0. The summed E-state index contributed by atoms with van der Waals surface area (Å²) in [5.74, 6) is 0.110. The van der Waals surface area contributed by atoms with Gasteiger partial charge in [0.1, 0.15) is 5.69 Å². The molecule has 6 heteroatoms. The first-order chi connectivity index (χ1) is 12.1. The highest BCUT2D eigenvalue weighted by molar-refractivity contribution is 5.92. The molecule has 3 aliphatic rings. The lowest BCUT2D eigenvalue weighted by atomic mass is 10.1. The minimum Gasteiger partial charge on any atom is -0.336 e. The summed E-state index contributed by atoms with van der Waals surface area (Å²) >= 11 is 0. The quantitative estimate of drug-likeness (QED) is 0.909. The molecule has 1 aromatic heterocycles. The second kappa shape index (κ2) is 7.08. The van der Waals surface area contributed by atoms with Crippen molar-refractivity contribution >= 4 is 5.91 Å². The van der Waals surface area contributed by atoms with Crippen LogP contribution in [0.2, 0.25) is 0 Å². The zero-order valence-corrected chi connectivity index (χ0v) is 15.5. The molecule has 6 nitrogen and oxygen atoms in total. The number of likely N-dealkylation sites (tertiary alicyclic amines) is 1. The van der Waals surface area contributed by atoms with E-state index in [4.69, 9.17) is 0 Å². The first-order valence-electron chi connectivity index (χ1n) is 9.96. The number of carbonyl (C=O) groups excluding carboxylic acids is 1. The number of amides is 1. The van der Waals surface area contributed by atoms with Gasteiger partial charge in [0.2, 0.25) is 0 Å². The Bertz CT molecular complexity index is 607. The summed E-state index contributed by atoms with van der Waals surface area (Å²) in [6.45, 7) is 8.32. The maximum absolute atomic E-state index is 13.0. The Morgan fingerprint density at radius 2 is 2.04 bits per heavy atom. The molecule has 3 fully saturated rings. The lowest BCUT2D eigenvalue weighted by Gasteiger charge is -2.32. The largest absolute Gasteiger partial charge is 0.336 e. The molecule has 1 aromatic rings. The van der Waals surface area contributed by atoms with Gasteiger partial charge >= 0.3 is 0 Å². The van der Waals surface area contributed by atoms with Crippen molar-refractivity contribution in [1.82, 2.24) is 24.9 Å². The molecule has 3 unspecified atom stereocenters. The van der Waals surface area contributed by atoms with Crippen molar-refractivity contribution in [2.45, 2.75) is 70.1 Å². The van der Waals surface area contributed by atoms with E-state index in [-0.39, 0.29) is 5.91 Å². The van der Waals surface area contributed by atoms with E-state index in [0.29, 0.717) is 29.9 Å². The third kappa shape index (κ3) is 3.34. The fraction of sp³-hybridized carbons (Fsp3) is 0.789. The Labute approximate surface area is 150 Å². The molecule has 1 amide bonds. The number of aromatic nitrogens is 2. The maximum Gasteiger partial charge on any atom is 0.274 e. The van der Waals surface area contributed by atoms with Crippen LogP contribution in [0, 0.1) is 0 Å². The van der Waals surface area contributed by atoms with Crippen molar-refractivity contribution in [2.75, 3.05) is 26.2 Å². The van der Waals surface area contributed by atoms with Crippen LogP contribution >= 0.6 is 0 Å². The number of piperidine rings is 1. The molecule has 138 valence electrons. The van der Waals surface area contributed by atoms with Gasteiger partial charge in [-0.15, -0.1) is 0 Å². The topological polar surface area (TPSA) is 53.4 Å². The zero-order valence-electron chi connectivity index (χ0n) is 15.5. The molecular weight excluding hydrogens is 314 g/mol. The normalized spacial score (nSPS) is 30.7. The van der Waals surface area contributed by atoms with E-state index < -0.39 is 0 Å². The van der Waals surface area contributed by atoms with Crippen LogP contribution in [0.15, 0.2) is 12.3 Å². The van der Waals surface area contributed by atoms with Gasteiger partial charge in [0, 0.05) is 44.0 Å². The van der Waals surface area contributed by atoms with Gasteiger partial charge in [-0.1, -0.05) is 0 Å². The monoisotopic (exact) mass is 345 g/mol. The second-order valence-corrected chi connectivity index (χ2v) is 8.15. The summed E-state index contributed by atoms with van der Waals surface area (Å²) in [5, 5.41) is 8.04. The van der Waals surface area contributed by atoms with Crippen molar-refractivity contribution in [3.63, 3.8) is 0 Å². The summed E-state index contributed by atoms with van der Waals surface area (Å²) in [6.07, 6.45) is 7.89. The third-order valence-electron chi connectivity index (χ3n) is 6.20. The van der Waals surface area contributed by atoms with E-state index in [0.717, 1.165) is 39.0 Å². The molecule has 4 heterocycles. The minimum absolute atomic E-state index is 0.110. The minimum atomic E-state index is 0.110. The number of fused-ring (bicyclic) bond motifs is 2. The average Bonchev–Trinajstić information content (AvgIpc) is 3.19. The summed E-state index contributed by atoms with van der Waals surface area (Å²) in [7, 11) is 0. The van der Waals surface area contributed by atoms with Crippen LogP contribution in [0.1, 0.15) is 62.5 Å². The van der Waals surface area contributed by atoms with Gasteiger partial charge < -0.3 is 10.2 Å². The SMILES string of the molecule is CC(C)N1C2CCC1CN(C(=O)c1ccn(C3CCCNC3)n1)CC2. The Morgan fingerprint density at radius 3 is 2.80 bits per heavy atom. The smallest absolute Gasteiger partial charge is 0.274 e. The number of nitrogens with zero attached hydrogens (tertiary/aromatic N) is 4. The van der Waals surface area contributed by atoms with Crippen LogP contribution in [0.25, 0.3) is 0 Å². The molecule has 2 bridgehead atoms. The second-order valence-electron chi connectivity index (χ2n) is 8.15. The Morgan fingerprint density at radius 1 is 1.20 bits per heavy atom. The van der Waals surface area contributed by atoms with E-state index >= 15 is 0 Å². The van der Waals surface area contributed by atoms with Crippen LogP contribution in [-0.4, -0.2) is 69.8 Å². The predicted octanol–water partition coefficient (Wildman–Crippen LogP) is 1.89. The average molecular weight is 345 g/mol. The molecule has 0 aliphatic carbocycles. The lowest BCUT2D eigenvalue weighted by molar-refractivity contribution is 0.0721. The van der Waals surface area contributed by atoms with Gasteiger partial charge in [-0.2, -0.15) is 5.10 Å². The van der Waals surface area contributed by atoms with Crippen molar-refractivity contribution in [3.05, 3.63) is 18.0 Å². The molecule has 3 aliphatic heterocycles. The van der Waals surface area contributed by atoms with E-state index in [2.05, 4.69) is 29.2 Å². The van der Waals surface area contributed by atoms with Gasteiger partial charge in [0.25, 0.3) is 5.91 Å².